The van der Waals surface area contributed by atoms with E-state index >= 15 is 0 Å². The molecule has 128 valence electrons. The zero-order valence-corrected chi connectivity index (χ0v) is 14.2. The van der Waals surface area contributed by atoms with Gasteiger partial charge in [0.25, 0.3) is 5.91 Å². The van der Waals surface area contributed by atoms with Gasteiger partial charge in [0.05, 0.1) is 11.9 Å². The molecule has 0 spiro atoms. The average molecular weight is 344 g/mol. The zero-order valence-electron chi connectivity index (χ0n) is 13.4. The third-order valence-electron chi connectivity index (χ3n) is 3.50. The first-order valence-electron chi connectivity index (χ1n) is 6.62. The maximum absolute atomic E-state index is 11.9. The standard InChI is InChI=1S/C14H20N2O6S/c1-14(22-3,13(18)19)12(17)15-9-10-5-7-11(8-6-10)16(2)23(4,20)21/h5-8H,9H2,1-4H3,(H,15,17)(H,18,19). The molecular weight excluding hydrogens is 324 g/mol. The largest absolute Gasteiger partial charge is 0.479 e. The van der Waals surface area contributed by atoms with Crippen LogP contribution in [0.2, 0.25) is 0 Å². The Bertz CT molecular complexity index is 686. The first-order valence-corrected chi connectivity index (χ1v) is 8.47. The highest BCUT2D eigenvalue weighted by Gasteiger charge is 2.41. The molecule has 23 heavy (non-hydrogen) atoms. The molecule has 8 nitrogen and oxygen atoms in total. The molecule has 0 bridgehead atoms. The maximum Gasteiger partial charge on any atom is 0.345 e. The maximum atomic E-state index is 11.9. The molecule has 1 amide bonds. The number of hydrogen-bond acceptors (Lipinski definition) is 5. The molecule has 1 aromatic carbocycles. The molecule has 0 fully saturated rings. The molecule has 0 radical (unpaired) electrons. The van der Waals surface area contributed by atoms with E-state index in [4.69, 9.17) is 9.84 Å². The van der Waals surface area contributed by atoms with Crippen molar-refractivity contribution in [2.75, 3.05) is 24.7 Å². The lowest BCUT2D eigenvalue weighted by molar-refractivity contribution is -0.167. The number of carboxylic acid groups (broad SMARTS) is 1. The van der Waals surface area contributed by atoms with Gasteiger partial charge in [-0.1, -0.05) is 12.1 Å². The summed E-state index contributed by atoms with van der Waals surface area (Å²) in [5.41, 5.74) is -0.793. The Morgan fingerprint density at radius 2 is 1.83 bits per heavy atom. The molecule has 1 unspecified atom stereocenters. The van der Waals surface area contributed by atoms with Crippen molar-refractivity contribution in [3.05, 3.63) is 29.8 Å². The second kappa shape index (κ2) is 6.97. The summed E-state index contributed by atoms with van der Waals surface area (Å²) in [6.45, 7) is 1.25. The molecule has 2 N–H and O–H groups in total. The number of carboxylic acids is 1. The van der Waals surface area contributed by atoms with E-state index in [1.807, 2.05) is 0 Å². The molecule has 1 atom stereocenters. The molecule has 1 aromatic rings. The van der Waals surface area contributed by atoms with Gasteiger partial charge >= 0.3 is 5.97 Å². The summed E-state index contributed by atoms with van der Waals surface area (Å²) in [6.07, 6.45) is 1.10. The summed E-state index contributed by atoms with van der Waals surface area (Å²) in [5, 5.41) is 11.5. The Morgan fingerprint density at radius 3 is 2.22 bits per heavy atom. The van der Waals surface area contributed by atoms with E-state index in [9.17, 15) is 18.0 Å². The van der Waals surface area contributed by atoms with E-state index in [0.717, 1.165) is 24.6 Å². The fourth-order valence-electron chi connectivity index (χ4n) is 1.64. The fourth-order valence-corrected chi connectivity index (χ4v) is 2.15. The Balaban J connectivity index is 2.77. The Morgan fingerprint density at radius 1 is 1.30 bits per heavy atom. The van der Waals surface area contributed by atoms with E-state index in [-0.39, 0.29) is 6.54 Å². The van der Waals surface area contributed by atoms with Crippen LogP contribution in [0.3, 0.4) is 0 Å². The highest BCUT2D eigenvalue weighted by Crippen LogP contribution is 2.16. The van der Waals surface area contributed by atoms with Crippen LogP contribution in [0.5, 0.6) is 0 Å². The molecule has 0 aromatic heterocycles. The molecule has 0 saturated heterocycles. The first-order chi connectivity index (χ1) is 10.5. The van der Waals surface area contributed by atoms with E-state index < -0.39 is 27.5 Å². The number of sulfonamides is 1. The minimum absolute atomic E-state index is 0.0912. The van der Waals surface area contributed by atoms with Crippen molar-refractivity contribution < 1.29 is 27.9 Å². The molecule has 0 aliphatic heterocycles. The second-order valence-corrected chi connectivity index (χ2v) is 7.14. The molecule has 0 heterocycles. The number of nitrogens with zero attached hydrogens (tertiary/aromatic N) is 1. The summed E-state index contributed by atoms with van der Waals surface area (Å²) in [5.74, 6) is -2.16. The topological polar surface area (TPSA) is 113 Å². The number of benzene rings is 1. The van der Waals surface area contributed by atoms with Crippen molar-refractivity contribution in [2.45, 2.75) is 19.1 Å². The van der Waals surface area contributed by atoms with Gasteiger partial charge in [-0.2, -0.15) is 0 Å². The Labute approximate surface area is 135 Å². The summed E-state index contributed by atoms with van der Waals surface area (Å²) >= 11 is 0. The van der Waals surface area contributed by atoms with Crippen LogP contribution in [0, 0.1) is 0 Å². The van der Waals surface area contributed by atoms with Crippen molar-refractivity contribution in [2.24, 2.45) is 0 Å². The van der Waals surface area contributed by atoms with Gasteiger partial charge in [0.15, 0.2) is 0 Å². The minimum Gasteiger partial charge on any atom is -0.479 e. The van der Waals surface area contributed by atoms with Crippen LogP contribution < -0.4 is 9.62 Å². The predicted octanol–water partition coefficient (Wildman–Crippen LogP) is 0.188. The number of aliphatic carboxylic acids is 1. The zero-order chi connectivity index (χ0) is 17.8. The number of rotatable bonds is 7. The van der Waals surface area contributed by atoms with Gasteiger partial charge in [-0.25, -0.2) is 13.2 Å². The molecule has 0 aliphatic carbocycles. The van der Waals surface area contributed by atoms with Crippen LogP contribution in [-0.2, 0) is 30.9 Å². The third kappa shape index (κ3) is 4.42. The normalized spacial score (nSPS) is 13.9. The fraction of sp³-hybridized carbons (Fsp3) is 0.429. The summed E-state index contributed by atoms with van der Waals surface area (Å²) in [7, 11) is -0.769. The SMILES string of the molecule is COC(C)(C(=O)O)C(=O)NCc1ccc(N(C)S(C)(=O)=O)cc1. The highest BCUT2D eigenvalue weighted by molar-refractivity contribution is 7.92. The van der Waals surface area contributed by atoms with Gasteiger partial charge in [-0.15, -0.1) is 0 Å². The van der Waals surface area contributed by atoms with Crippen molar-refractivity contribution in [1.29, 1.82) is 0 Å². The van der Waals surface area contributed by atoms with Gasteiger partial charge in [0.1, 0.15) is 0 Å². The molecule has 9 heteroatoms. The lowest BCUT2D eigenvalue weighted by atomic mass is 10.1. The van der Waals surface area contributed by atoms with E-state index in [2.05, 4.69) is 5.32 Å². The van der Waals surface area contributed by atoms with Crippen molar-refractivity contribution in [1.82, 2.24) is 5.32 Å². The number of ether oxygens (including phenoxy) is 1. The van der Waals surface area contributed by atoms with Crippen LogP contribution in [0.1, 0.15) is 12.5 Å². The van der Waals surface area contributed by atoms with Crippen LogP contribution in [-0.4, -0.2) is 51.4 Å². The Hall–Kier alpha value is -2.13. The number of hydrogen-bond donors (Lipinski definition) is 2. The number of methoxy groups -OCH3 is 1. The number of amides is 1. The van der Waals surface area contributed by atoms with Crippen molar-refractivity contribution >= 4 is 27.6 Å². The Kier molecular flexibility index (Phi) is 5.73. The lowest BCUT2D eigenvalue weighted by Crippen LogP contribution is -2.51. The minimum atomic E-state index is -3.34. The third-order valence-corrected chi connectivity index (χ3v) is 4.71. The van der Waals surface area contributed by atoms with Gasteiger partial charge in [0, 0.05) is 20.7 Å². The smallest absolute Gasteiger partial charge is 0.345 e. The van der Waals surface area contributed by atoms with Crippen LogP contribution in [0.15, 0.2) is 24.3 Å². The van der Waals surface area contributed by atoms with E-state index in [1.54, 1.807) is 24.3 Å². The lowest BCUT2D eigenvalue weighted by Gasteiger charge is -2.22. The number of nitrogens with one attached hydrogen (secondary N) is 1. The molecule has 0 saturated carbocycles. The molecule has 1 rings (SSSR count). The number of carbonyl (C=O) groups is 2. The van der Waals surface area contributed by atoms with E-state index in [0.29, 0.717) is 11.3 Å². The highest BCUT2D eigenvalue weighted by atomic mass is 32.2. The monoisotopic (exact) mass is 344 g/mol. The summed E-state index contributed by atoms with van der Waals surface area (Å²) in [6, 6.07) is 6.47. The van der Waals surface area contributed by atoms with Gasteiger partial charge in [-0.05, 0) is 24.6 Å². The second-order valence-electron chi connectivity index (χ2n) is 5.12. The van der Waals surface area contributed by atoms with Gasteiger partial charge in [-0.3, -0.25) is 9.10 Å². The molecular formula is C14H20N2O6S. The predicted molar refractivity (Wildman–Crippen MR) is 84.6 cm³/mol. The number of carbonyl (C=O) groups excluding carboxylic acids is 1. The molecule has 0 aliphatic rings. The quantitative estimate of drug-likeness (QED) is 0.683. The van der Waals surface area contributed by atoms with Crippen LogP contribution in [0.25, 0.3) is 0 Å². The van der Waals surface area contributed by atoms with Gasteiger partial charge < -0.3 is 15.2 Å². The van der Waals surface area contributed by atoms with Crippen LogP contribution in [0.4, 0.5) is 5.69 Å². The van der Waals surface area contributed by atoms with Gasteiger partial charge in [0.2, 0.25) is 15.6 Å². The first kappa shape index (κ1) is 18.9. The average Bonchev–Trinajstić information content (AvgIpc) is 2.50. The summed E-state index contributed by atoms with van der Waals surface area (Å²) < 4.78 is 28.8. The summed E-state index contributed by atoms with van der Waals surface area (Å²) in [4.78, 5) is 23.0. The van der Waals surface area contributed by atoms with Crippen LogP contribution >= 0.6 is 0 Å². The van der Waals surface area contributed by atoms with E-state index in [1.165, 1.54) is 7.05 Å². The van der Waals surface area contributed by atoms with Crippen molar-refractivity contribution in [3.8, 4) is 0 Å². The number of anilines is 1. The van der Waals surface area contributed by atoms with Crippen molar-refractivity contribution in [3.63, 3.8) is 0 Å².